The van der Waals surface area contributed by atoms with Crippen LogP contribution >= 0.6 is 0 Å². The van der Waals surface area contributed by atoms with Gasteiger partial charge in [0.25, 0.3) is 0 Å². The molecule has 0 amide bonds. The van der Waals surface area contributed by atoms with Crippen LogP contribution in [0.3, 0.4) is 0 Å². The van der Waals surface area contributed by atoms with Gasteiger partial charge in [-0.3, -0.25) is 9.59 Å². The van der Waals surface area contributed by atoms with Crippen LogP contribution in [0.4, 0.5) is 0 Å². The van der Waals surface area contributed by atoms with Crippen molar-refractivity contribution in [1.29, 1.82) is 0 Å². The second-order valence-corrected chi connectivity index (χ2v) is 21.9. The molecule has 0 spiro atoms. The standard InChI is InChI=1S/C54H74O14/c1-33(55)58-31-45-39(60-34(2)56)19-20-40-42(63-45)26-47-53(5,66-40)32-52(4)46(65-47)22-21-38-43(67-52)25-41-44(62-38)28-51(3)48(64-41)27-50-54(6,68-51)49(59-30-36-16-11-8-12-17-36)24-37(61-50)18-13-23-57-29-35-14-9-7-10-15-35/h7-12,14-17,37-50H,13,18-32H2,1-6H3/t37-,38+,39-,40+,41+,42-,43-,44-,45+,46-,47+,48-,49-,50+,51+,52+,53-,54-/m0/s1. The van der Waals surface area contributed by atoms with Crippen LogP contribution in [0.15, 0.2) is 60.7 Å². The molecular formula is C54H74O14. The summed E-state index contributed by atoms with van der Waals surface area (Å²) in [5.41, 5.74) is -0.279. The zero-order valence-corrected chi connectivity index (χ0v) is 40.9. The van der Waals surface area contributed by atoms with Crippen LogP contribution in [0.2, 0.25) is 0 Å². The largest absolute Gasteiger partial charge is 0.463 e. The first-order valence-corrected chi connectivity index (χ1v) is 25.6. The molecule has 8 fully saturated rings. The van der Waals surface area contributed by atoms with E-state index in [0.29, 0.717) is 64.8 Å². The zero-order chi connectivity index (χ0) is 47.3. The number of ether oxygens (including phenoxy) is 12. The molecule has 2 aromatic rings. The van der Waals surface area contributed by atoms with Crippen LogP contribution in [-0.2, 0) is 79.6 Å². The van der Waals surface area contributed by atoms with Gasteiger partial charge in [0.15, 0.2) is 0 Å². The fourth-order valence-electron chi connectivity index (χ4n) is 13.2. The van der Waals surface area contributed by atoms with E-state index in [1.54, 1.807) is 0 Å². The van der Waals surface area contributed by atoms with E-state index in [0.717, 1.165) is 37.7 Å². The molecule has 0 aromatic heterocycles. The van der Waals surface area contributed by atoms with Gasteiger partial charge in [-0.2, -0.15) is 0 Å². The molecule has 2 aromatic carbocycles. The summed E-state index contributed by atoms with van der Waals surface area (Å²) in [7, 11) is 0. The Kier molecular flexibility index (Phi) is 14.2. The topological polar surface area (TPSA) is 145 Å². The SMILES string of the molecule is CC(=O)OC[C@H]1O[C@H]2C[C@H]3O[C@H]4CC[C@H]5O[C@H]6C[C@@]7(C)O[C@@]8(C)[C@@H](OCc9ccccc9)C[C@H](CCCOCc9ccccc9)O[C@@H]8C[C@@H]7O[C@@H]6C[C@@H]5O[C@]4(C)C[C@]3(C)O[C@@H]2CC[C@@H]1OC(C)=O. The molecule has 8 heterocycles. The predicted octanol–water partition coefficient (Wildman–Crippen LogP) is 7.66. The van der Waals surface area contributed by atoms with Crippen molar-refractivity contribution >= 4 is 11.9 Å². The lowest BCUT2D eigenvalue weighted by molar-refractivity contribution is -0.373. The molecule has 68 heavy (non-hydrogen) atoms. The van der Waals surface area contributed by atoms with Gasteiger partial charge in [0.05, 0.1) is 103 Å². The lowest BCUT2D eigenvalue weighted by Gasteiger charge is -2.62. The smallest absolute Gasteiger partial charge is 0.302 e. The van der Waals surface area contributed by atoms with Gasteiger partial charge in [0, 0.05) is 59.0 Å². The monoisotopic (exact) mass is 947 g/mol. The van der Waals surface area contributed by atoms with Crippen LogP contribution in [0, 0.1) is 0 Å². The quantitative estimate of drug-likeness (QED) is 0.152. The Morgan fingerprint density at radius 2 is 1.31 bits per heavy atom. The van der Waals surface area contributed by atoms with E-state index in [-0.39, 0.29) is 79.9 Å². The average Bonchev–Trinajstić information content (AvgIpc) is 3.53. The number of carbonyl (C=O) groups is 2. The van der Waals surface area contributed by atoms with E-state index in [4.69, 9.17) is 56.8 Å². The van der Waals surface area contributed by atoms with Crippen LogP contribution in [0.5, 0.6) is 0 Å². The second-order valence-electron chi connectivity index (χ2n) is 21.9. The van der Waals surface area contributed by atoms with Gasteiger partial charge in [-0.05, 0) is 77.3 Å². The first-order chi connectivity index (χ1) is 32.7. The van der Waals surface area contributed by atoms with E-state index in [9.17, 15) is 9.59 Å². The first kappa shape index (κ1) is 48.6. The second kappa shape index (κ2) is 19.9. The minimum Gasteiger partial charge on any atom is -0.463 e. The van der Waals surface area contributed by atoms with E-state index in [1.807, 2.05) is 24.3 Å². The molecule has 0 saturated carbocycles. The molecule has 14 heteroatoms. The highest BCUT2D eigenvalue weighted by molar-refractivity contribution is 5.66. The van der Waals surface area contributed by atoms with Crippen LogP contribution < -0.4 is 0 Å². The maximum Gasteiger partial charge on any atom is 0.302 e. The van der Waals surface area contributed by atoms with E-state index < -0.39 is 46.6 Å². The molecule has 8 aliphatic rings. The lowest BCUT2D eigenvalue weighted by atomic mass is 9.72. The van der Waals surface area contributed by atoms with Crippen LogP contribution in [0.25, 0.3) is 0 Å². The summed E-state index contributed by atoms with van der Waals surface area (Å²) in [4.78, 5) is 23.9. The van der Waals surface area contributed by atoms with Crippen molar-refractivity contribution in [1.82, 2.24) is 0 Å². The third-order valence-corrected chi connectivity index (χ3v) is 16.6. The Labute approximate surface area is 401 Å². The Morgan fingerprint density at radius 1 is 0.618 bits per heavy atom. The van der Waals surface area contributed by atoms with Crippen molar-refractivity contribution in [2.24, 2.45) is 0 Å². The number of esters is 2. The van der Waals surface area contributed by atoms with Crippen LogP contribution in [0.1, 0.15) is 130 Å². The van der Waals surface area contributed by atoms with Crippen molar-refractivity contribution in [2.75, 3.05) is 13.2 Å². The minimum atomic E-state index is -0.690. The molecule has 0 aliphatic carbocycles. The summed E-state index contributed by atoms with van der Waals surface area (Å²) in [6.07, 6.45) is 5.16. The summed E-state index contributed by atoms with van der Waals surface area (Å²) >= 11 is 0. The van der Waals surface area contributed by atoms with Gasteiger partial charge < -0.3 is 56.8 Å². The third kappa shape index (κ3) is 10.2. The van der Waals surface area contributed by atoms with Crippen molar-refractivity contribution in [3.8, 4) is 0 Å². The Balaban J connectivity index is 0.802. The fourth-order valence-corrected chi connectivity index (χ4v) is 13.2. The predicted molar refractivity (Wildman–Crippen MR) is 246 cm³/mol. The highest BCUT2D eigenvalue weighted by Crippen LogP contribution is 2.54. The normalized spacial score (nSPS) is 44.1. The molecule has 0 radical (unpaired) electrons. The van der Waals surface area contributed by atoms with Gasteiger partial charge in [-0.1, -0.05) is 60.7 Å². The lowest BCUT2D eigenvalue weighted by Crippen LogP contribution is -2.72. The molecule has 0 unspecified atom stereocenters. The number of fused-ring (bicyclic) bond motifs is 7. The molecule has 14 nitrogen and oxygen atoms in total. The molecule has 10 rings (SSSR count). The third-order valence-electron chi connectivity index (χ3n) is 16.6. The van der Waals surface area contributed by atoms with Crippen molar-refractivity contribution < 1.29 is 66.4 Å². The van der Waals surface area contributed by atoms with Crippen molar-refractivity contribution in [2.45, 2.75) is 240 Å². The number of hydrogen-bond acceptors (Lipinski definition) is 14. The molecule has 8 aliphatic heterocycles. The van der Waals surface area contributed by atoms with Gasteiger partial charge in [0.1, 0.15) is 24.4 Å². The molecule has 0 N–H and O–H groups in total. The van der Waals surface area contributed by atoms with E-state index >= 15 is 0 Å². The Bertz CT molecular complexity index is 2040. The number of hydrogen-bond donors (Lipinski definition) is 0. The average molecular weight is 947 g/mol. The number of benzene rings is 2. The molecule has 8 saturated heterocycles. The maximum absolute atomic E-state index is 12.1. The molecular weight excluding hydrogens is 873 g/mol. The van der Waals surface area contributed by atoms with Crippen molar-refractivity contribution in [3.63, 3.8) is 0 Å². The first-order valence-electron chi connectivity index (χ1n) is 25.6. The zero-order valence-electron chi connectivity index (χ0n) is 40.9. The van der Waals surface area contributed by atoms with Crippen molar-refractivity contribution in [3.05, 3.63) is 71.8 Å². The van der Waals surface area contributed by atoms with Gasteiger partial charge in [-0.15, -0.1) is 0 Å². The summed E-state index contributed by atoms with van der Waals surface area (Å²) in [5.74, 6) is -0.812. The molecule has 18 atom stereocenters. The summed E-state index contributed by atoms with van der Waals surface area (Å²) < 4.78 is 80.6. The molecule has 0 bridgehead atoms. The van der Waals surface area contributed by atoms with E-state index in [2.05, 4.69) is 64.1 Å². The maximum atomic E-state index is 12.1. The van der Waals surface area contributed by atoms with Crippen LogP contribution in [-0.4, -0.2) is 133 Å². The molecule has 374 valence electrons. The summed E-state index contributed by atoms with van der Waals surface area (Å²) in [6, 6.07) is 20.7. The Hall–Kier alpha value is -3.02. The summed E-state index contributed by atoms with van der Waals surface area (Å²) in [5, 5.41) is 0. The van der Waals surface area contributed by atoms with E-state index in [1.165, 1.54) is 19.4 Å². The highest BCUT2D eigenvalue weighted by atomic mass is 16.7. The van der Waals surface area contributed by atoms with Gasteiger partial charge in [-0.25, -0.2) is 0 Å². The van der Waals surface area contributed by atoms with Gasteiger partial charge >= 0.3 is 11.9 Å². The Morgan fingerprint density at radius 3 is 2.06 bits per heavy atom. The highest BCUT2D eigenvalue weighted by Gasteiger charge is 2.65. The minimum absolute atomic E-state index is 0.000484. The fraction of sp³-hybridized carbons (Fsp3) is 0.741. The van der Waals surface area contributed by atoms with Gasteiger partial charge in [0.2, 0.25) is 0 Å². The summed E-state index contributed by atoms with van der Waals surface area (Å²) in [6.45, 7) is 13.2. The number of rotatable bonds is 12. The number of carbonyl (C=O) groups excluding carboxylic acids is 2.